The summed E-state index contributed by atoms with van der Waals surface area (Å²) in [5.41, 5.74) is 11.0. The van der Waals surface area contributed by atoms with Crippen LogP contribution in [-0.2, 0) is 0 Å². The number of nitrogens with one attached hydrogen (secondary N) is 1. The third kappa shape index (κ3) is 3.36. The van der Waals surface area contributed by atoms with Crippen LogP contribution in [0.1, 0.15) is 31.4 Å². The summed E-state index contributed by atoms with van der Waals surface area (Å²) in [4.78, 5) is 9.43. The lowest BCUT2D eigenvalue weighted by atomic mass is 10.0. The van der Waals surface area contributed by atoms with E-state index in [1.807, 2.05) is 25.1 Å². The molecule has 3 N–H and O–H groups in total. The van der Waals surface area contributed by atoms with Gasteiger partial charge in [0.1, 0.15) is 17.3 Å². The van der Waals surface area contributed by atoms with Crippen molar-refractivity contribution in [2.45, 2.75) is 38.6 Å². The second-order valence-corrected chi connectivity index (χ2v) is 7.82. The Bertz CT molecular complexity index is 1210. The van der Waals surface area contributed by atoms with Crippen LogP contribution in [0.3, 0.4) is 0 Å². The Labute approximate surface area is 174 Å². The maximum absolute atomic E-state index is 13.5. The van der Waals surface area contributed by atoms with Gasteiger partial charge in [0.05, 0.1) is 16.8 Å². The first-order valence-corrected chi connectivity index (χ1v) is 10.2. The molecule has 0 saturated heterocycles. The Kier molecular flexibility index (Phi) is 4.58. The van der Waals surface area contributed by atoms with Crippen LogP contribution in [0.25, 0.3) is 28.0 Å². The fourth-order valence-electron chi connectivity index (χ4n) is 4.17. The number of anilines is 2. The number of pyridine rings is 1. The highest BCUT2D eigenvalue weighted by Gasteiger charge is 2.21. The quantitative estimate of drug-likeness (QED) is 0.510. The van der Waals surface area contributed by atoms with E-state index in [-0.39, 0.29) is 5.82 Å². The molecule has 0 aliphatic heterocycles. The standard InChI is InChI=1S/C23H23FN6/c1-14-13-18(28-23(26-14)27-17-5-2-3-6-17)21-19-7-4-8-20(25)30(19)29-22(21)15-9-11-16(24)12-10-15/h4,7-13,17H,2-3,5-6,25H2,1H3,(H,26,27,28). The minimum Gasteiger partial charge on any atom is -0.384 e. The Morgan fingerprint density at radius 1 is 1.07 bits per heavy atom. The van der Waals surface area contributed by atoms with Gasteiger partial charge >= 0.3 is 0 Å². The van der Waals surface area contributed by atoms with E-state index >= 15 is 0 Å². The minimum absolute atomic E-state index is 0.287. The number of halogens is 1. The predicted molar refractivity (Wildman–Crippen MR) is 117 cm³/mol. The van der Waals surface area contributed by atoms with Crippen molar-refractivity contribution in [3.8, 4) is 22.5 Å². The van der Waals surface area contributed by atoms with E-state index in [1.54, 1.807) is 22.7 Å². The van der Waals surface area contributed by atoms with E-state index in [4.69, 9.17) is 15.8 Å². The molecule has 5 rings (SSSR count). The maximum Gasteiger partial charge on any atom is 0.223 e. The molecule has 152 valence electrons. The van der Waals surface area contributed by atoms with E-state index in [9.17, 15) is 4.39 Å². The van der Waals surface area contributed by atoms with Crippen LogP contribution in [0.5, 0.6) is 0 Å². The highest BCUT2D eigenvalue weighted by molar-refractivity contribution is 5.91. The Morgan fingerprint density at radius 2 is 1.83 bits per heavy atom. The lowest BCUT2D eigenvalue weighted by Gasteiger charge is -2.13. The fourth-order valence-corrected chi connectivity index (χ4v) is 4.17. The molecule has 0 atom stereocenters. The highest BCUT2D eigenvalue weighted by atomic mass is 19.1. The number of nitrogen functional groups attached to an aromatic ring is 1. The molecule has 4 aromatic rings. The van der Waals surface area contributed by atoms with Gasteiger partial charge in [0.15, 0.2) is 0 Å². The van der Waals surface area contributed by atoms with Crippen LogP contribution < -0.4 is 11.1 Å². The molecular weight excluding hydrogens is 379 g/mol. The Balaban J connectivity index is 1.69. The van der Waals surface area contributed by atoms with E-state index in [2.05, 4.69) is 10.3 Å². The molecule has 30 heavy (non-hydrogen) atoms. The zero-order chi connectivity index (χ0) is 20.7. The molecule has 6 nitrogen and oxygen atoms in total. The van der Waals surface area contributed by atoms with Crippen molar-refractivity contribution >= 4 is 17.3 Å². The topological polar surface area (TPSA) is 81.1 Å². The van der Waals surface area contributed by atoms with E-state index in [0.717, 1.165) is 40.9 Å². The summed E-state index contributed by atoms with van der Waals surface area (Å²) in [5, 5.41) is 8.23. The van der Waals surface area contributed by atoms with Gasteiger partial charge in [-0.1, -0.05) is 18.9 Å². The molecule has 0 amide bonds. The second-order valence-electron chi connectivity index (χ2n) is 7.82. The third-order valence-electron chi connectivity index (χ3n) is 5.60. The fraction of sp³-hybridized carbons (Fsp3) is 0.261. The molecule has 0 radical (unpaired) electrons. The summed E-state index contributed by atoms with van der Waals surface area (Å²) in [7, 11) is 0. The first-order valence-electron chi connectivity index (χ1n) is 10.2. The second kappa shape index (κ2) is 7.40. The van der Waals surface area contributed by atoms with Crippen LogP contribution in [0, 0.1) is 12.7 Å². The number of nitrogens with two attached hydrogens (primary N) is 1. The molecule has 1 aliphatic carbocycles. The van der Waals surface area contributed by atoms with Gasteiger partial charge in [-0.05, 0) is 62.2 Å². The van der Waals surface area contributed by atoms with Gasteiger partial charge < -0.3 is 11.1 Å². The average Bonchev–Trinajstić information content (AvgIpc) is 3.36. The number of rotatable bonds is 4. The van der Waals surface area contributed by atoms with Crippen molar-refractivity contribution in [3.05, 3.63) is 60.0 Å². The SMILES string of the molecule is Cc1cc(-c2c(-c3ccc(F)cc3)nn3c(N)cccc23)nc(NC2CCCC2)n1. The lowest BCUT2D eigenvalue weighted by molar-refractivity contribution is 0.628. The molecule has 0 bridgehead atoms. The largest absolute Gasteiger partial charge is 0.384 e. The van der Waals surface area contributed by atoms with Crippen LogP contribution >= 0.6 is 0 Å². The van der Waals surface area contributed by atoms with Gasteiger partial charge in [-0.15, -0.1) is 0 Å². The highest BCUT2D eigenvalue weighted by Crippen LogP contribution is 2.36. The summed E-state index contributed by atoms with van der Waals surface area (Å²) in [5.74, 6) is 0.868. The number of aryl methyl sites for hydroxylation is 1. The van der Waals surface area contributed by atoms with Crippen molar-refractivity contribution in [1.82, 2.24) is 19.6 Å². The molecule has 3 aromatic heterocycles. The Hall–Kier alpha value is -3.48. The molecule has 7 heteroatoms. The first-order chi connectivity index (χ1) is 14.6. The maximum atomic E-state index is 13.5. The van der Waals surface area contributed by atoms with Crippen LogP contribution in [0.2, 0.25) is 0 Å². The first kappa shape index (κ1) is 18.5. The molecule has 1 fully saturated rings. The normalized spacial score (nSPS) is 14.5. The monoisotopic (exact) mass is 402 g/mol. The number of hydrogen-bond donors (Lipinski definition) is 2. The van der Waals surface area contributed by atoms with Gasteiger partial charge in [-0.2, -0.15) is 5.10 Å². The summed E-state index contributed by atoms with van der Waals surface area (Å²) in [6.07, 6.45) is 4.75. The Morgan fingerprint density at radius 3 is 2.60 bits per heavy atom. The van der Waals surface area contributed by atoms with Crippen LogP contribution in [-0.4, -0.2) is 25.6 Å². The van der Waals surface area contributed by atoms with E-state index < -0.39 is 0 Å². The summed E-state index contributed by atoms with van der Waals surface area (Å²) < 4.78 is 15.2. The molecule has 0 unspecified atom stereocenters. The predicted octanol–water partition coefficient (Wildman–Crippen LogP) is 4.84. The van der Waals surface area contributed by atoms with Gasteiger partial charge in [0.25, 0.3) is 0 Å². The zero-order valence-electron chi connectivity index (χ0n) is 16.8. The third-order valence-corrected chi connectivity index (χ3v) is 5.60. The minimum atomic E-state index is -0.287. The van der Waals surface area contributed by atoms with Crippen molar-refractivity contribution < 1.29 is 4.39 Å². The van der Waals surface area contributed by atoms with Gasteiger partial charge in [-0.3, -0.25) is 0 Å². The molecule has 0 spiro atoms. The summed E-state index contributed by atoms with van der Waals surface area (Å²) in [6.45, 7) is 1.96. The molecular formula is C23H23FN6. The molecule has 3 heterocycles. The van der Waals surface area contributed by atoms with Gasteiger partial charge in [-0.25, -0.2) is 18.9 Å². The van der Waals surface area contributed by atoms with E-state index in [1.165, 1.54) is 25.0 Å². The number of benzene rings is 1. The lowest BCUT2D eigenvalue weighted by Crippen LogP contribution is -2.17. The summed E-state index contributed by atoms with van der Waals surface area (Å²) >= 11 is 0. The number of aromatic nitrogens is 4. The van der Waals surface area contributed by atoms with Crippen molar-refractivity contribution in [1.29, 1.82) is 0 Å². The van der Waals surface area contributed by atoms with Crippen molar-refractivity contribution in [2.24, 2.45) is 0 Å². The summed E-state index contributed by atoms with van der Waals surface area (Å²) in [6, 6.07) is 14.4. The number of fused-ring (bicyclic) bond motifs is 1. The number of nitrogens with zero attached hydrogens (tertiary/aromatic N) is 4. The molecule has 1 saturated carbocycles. The van der Waals surface area contributed by atoms with Crippen molar-refractivity contribution in [2.75, 3.05) is 11.1 Å². The van der Waals surface area contributed by atoms with Crippen LogP contribution in [0.4, 0.5) is 16.2 Å². The zero-order valence-corrected chi connectivity index (χ0v) is 16.8. The van der Waals surface area contributed by atoms with E-state index in [0.29, 0.717) is 23.5 Å². The van der Waals surface area contributed by atoms with Crippen molar-refractivity contribution in [3.63, 3.8) is 0 Å². The van der Waals surface area contributed by atoms with Gasteiger partial charge in [0, 0.05) is 17.3 Å². The molecule has 1 aromatic carbocycles. The van der Waals surface area contributed by atoms with Gasteiger partial charge in [0.2, 0.25) is 5.95 Å². The van der Waals surface area contributed by atoms with Crippen LogP contribution in [0.15, 0.2) is 48.5 Å². The average molecular weight is 402 g/mol. The smallest absolute Gasteiger partial charge is 0.223 e. The molecule has 1 aliphatic rings. The number of hydrogen-bond acceptors (Lipinski definition) is 5.